The molecular formula is C13H28N2O. The summed E-state index contributed by atoms with van der Waals surface area (Å²) in [5.74, 6) is 0.739. The van der Waals surface area contributed by atoms with Gasteiger partial charge in [0.25, 0.3) is 0 Å². The molecule has 3 nitrogen and oxygen atoms in total. The lowest BCUT2D eigenvalue weighted by Gasteiger charge is -2.27. The maximum Gasteiger partial charge on any atom is 0.0593 e. The maximum absolute atomic E-state index is 5.45. The standard InChI is InChI=1S/C13H28N2O/c1-4-16-9-8-15(10-12(2)3)11-13-6-5-7-14-13/h12-14H,4-11H2,1-3H3. The normalized spacial score (nSPS) is 21.2. The monoisotopic (exact) mass is 228 g/mol. The molecule has 16 heavy (non-hydrogen) atoms. The van der Waals surface area contributed by atoms with Gasteiger partial charge in [0.05, 0.1) is 6.61 Å². The van der Waals surface area contributed by atoms with Crippen LogP contribution < -0.4 is 5.32 Å². The van der Waals surface area contributed by atoms with Gasteiger partial charge in [0.2, 0.25) is 0 Å². The average Bonchev–Trinajstić information content (AvgIpc) is 2.69. The van der Waals surface area contributed by atoms with E-state index in [0.717, 1.165) is 25.7 Å². The molecule has 1 aliphatic heterocycles. The van der Waals surface area contributed by atoms with Gasteiger partial charge in [0.1, 0.15) is 0 Å². The minimum Gasteiger partial charge on any atom is -0.380 e. The van der Waals surface area contributed by atoms with E-state index < -0.39 is 0 Å². The number of ether oxygens (including phenoxy) is 1. The lowest BCUT2D eigenvalue weighted by atomic mass is 10.1. The van der Waals surface area contributed by atoms with Crippen molar-refractivity contribution in [1.82, 2.24) is 10.2 Å². The molecule has 1 N–H and O–H groups in total. The Morgan fingerprint density at radius 2 is 2.25 bits per heavy atom. The third-order valence-electron chi connectivity index (χ3n) is 3.02. The van der Waals surface area contributed by atoms with Crippen molar-refractivity contribution in [3.05, 3.63) is 0 Å². The first kappa shape index (κ1) is 13.9. The van der Waals surface area contributed by atoms with Gasteiger partial charge in [-0.25, -0.2) is 0 Å². The summed E-state index contributed by atoms with van der Waals surface area (Å²) in [4.78, 5) is 2.54. The van der Waals surface area contributed by atoms with Gasteiger partial charge >= 0.3 is 0 Å². The Morgan fingerprint density at radius 3 is 2.81 bits per heavy atom. The zero-order valence-corrected chi connectivity index (χ0v) is 11.2. The molecular weight excluding hydrogens is 200 g/mol. The lowest BCUT2D eigenvalue weighted by molar-refractivity contribution is 0.105. The van der Waals surface area contributed by atoms with Crippen molar-refractivity contribution in [2.24, 2.45) is 5.92 Å². The van der Waals surface area contributed by atoms with Crippen LogP contribution in [-0.2, 0) is 4.74 Å². The molecule has 1 aliphatic rings. The first-order chi connectivity index (χ1) is 7.72. The number of hydrogen-bond donors (Lipinski definition) is 1. The van der Waals surface area contributed by atoms with Crippen LogP contribution >= 0.6 is 0 Å². The van der Waals surface area contributed by atoms with Crippen molar-refractivity contribution in [2.75, 3.05) is 39.4 Å². The zero-order chi connectivity index (χ0) is 11.8. The minimum atomic E-state index is 0.709. The van der Waals surface area contributed by atoms with Crippen molar-refractivity contribution < 1.29 is 4.74 Å². The molecule has 1 rings (SSSR count). The summed E-state index contributed by atoms with van der Waals surface area (Å²) < 4.78 is 5.45. The Hall–Kier alpha value is -0.120. The molecule has 0 saturated carbocycles. The Kier molecular flexibility index (Phi) is 7.01. The second kappa shape index (κ2) is 8.04. The zero-order valence-electron chi connectivity index (χ0n) is 11.2. The summed E-state index contributed by atoms with van der Waals surface area (Å²) in [7, 11) is 0. The van der Waals surface area contributed by atoms with E-state index in [1.165, 1.54) is 32.5 Å². The Morgan fingerprint density at radius 1 is 1.44 bits per heavy atom. The van der Waals surface area contributed by atoms with Crippen molar-refractivity contribution in [3.63, 3.8) is 0 Å². The van der Waals surface area contributed by atoms with Crippen LogP contribution in [0.1, 0.15) is 33.6 Å². The molecule has 0 spiro atoms. The highest BCUT2D eigenvalue weighted by atomic mass is 16.5. The van der Waals surface area contributed by atoms with Gasteiger partial charge in [-0.05, 0) is 32.2 Å². The average molecular weight is 228 g/mol. The molecule has 0 aromatic rings. The van der Waals surface area contributed by atoms with Crippen LogP contribution in [0.3, 0.4) is 0 Å². The van der Waals surface area contributed by atoms with E-state index in [1.54, 1.807) is 0 Å². The molecule has 1 atom stereocenters. The topological polar surface area (TPSA) is 24.5 Å². The number of nitrogens with one attached hydrogen (secondary N) is 1. The van der Waals surface area contributed by atoms with E-state index in [1.807, 2.05) is 0 Å². The van der Waals surface area contributed by atoms with Crippen LogP contribution in [-0.4, -0.2) is 50.3 Å². The second-order valence-corrected chi connectivity index (χ2v) is 5.14. The summed E-state index contributed by atoms with van der Waals surface area (Å²) in [6.45, 7) is 13.0. The summed E-state index contributed by atoms with van der Waals surface area (Å²) >= 11 is 0. The first-order valence-electron chi connectivity index (χ1n) is 6.75. The highest BCUT2D eigenvalue weighted by Crippen LogP contribution is 2.08. The van der Waals surface area contributed by atoms with Crippen LogP contribution in [0.5, 0.6) is 0 Å². The number of hydrogen-bond acceptors (Lipinski definition) is 3. The predicted molar refractivity (Wildman–Crippen MR) is 68.8 cm³/mol. The summed E-state index contributed by atoms with van der Waals surface area (Å²) in [5, 5.41) is 3.57. The molecule has 1 unspecified atom stereocenters. The van der Waals surface area contributed by atoms with E-state index in [-0.39, 0.29) is 0 Å². The quantitative estimate of drug-likeness (QED) is 0.640. The van der Waals surface area contributed by atoms with E-state index in [9.17, 15) is 0 Å². The van der Waals surface area contributed by atoms with Crippen LogP contribution in [0.15, 0.2) is 0 Å². The van der Waals surface area contributed by atoms with Gasteiger partial charge in [-0.15, -0.1) is 0 Å². The van der Waals surface area contributed by atoms with E-state index in [2.05, 4.69) is 31.0 Å². The van der Waals surface area contributed by atoms with Crippen molar-refractivity contribution in [1.29, 1.82) is 0 Å². The third-order valence-corrected chi connectivity index (χ3v) is 3.02. The first-order valence-corrected chi connectivity index (χ1v) is 6.75. The highest BCUT2D eigenvalue weighted by Gasteiger charge is 2.18. The molecule has 3 heteroatoms. The summed E-state index contributed by atoms with van der Waals surface area (Å²) in [5.41, 5.74) is 0. The van der Waals surface area contributed by atoms with Crippen molar-refractivity contribution in [3.8, 4) is 0 Å². The van der Waals surface area contributed by atoms with Crippen LogP contribution in [0, 0.1) is 5.92 Å². The minimum absolute atomic E-state index is 0.709. The van der Waals surface area contributed by atoms with Crippen molar-refractivity contribution >= 4 is 0 Å². The molecule has 0 amide bonds. The van der Waals surface area contributed by atoms with Crippen LogP contribution in [0.2, 0.25) is 0 Å². The second-order valence-electron chi connectivity index (χ2n) is 5.14. The van der Waals surface area contributed by atoms with Gasteiger partial charge in [0, 0.05) is 32.3 Å². The Bertz CT molecular complexity index is 167. The predicted octanol–water partition coefficient (Wildman–Crippen LogP) is 1.73. The molecule has 1 fully saturated rings. The Labute approximate surface area is 101 Å². The lowest BCUT2D eigenvalue weighted by Crippen LogP contribution is -2.40. The van der Waals surface area contributed by atoms with Gasteiger partial charge in [-0.3, -0.25) is 4.90 Å². The molecule has 0 bridgehead atoms. The van der Waals surface area contributed by atoms with Crippen LogP contribution in [0.25, 0.3) is 0 Å². The third kappa shape index (κ3) is 5.83. The molecule has 0 radical (unpaired) electrons. The van der Waals surface area contributed by atoms with Gasteiger partial charge < -0.3 is 10.1 Å². The van der Waals surface area contributed by atoms with E-state index in [0.29, 0.717) is 6.04 Å². The fraction of sp³-hybridized carbons (Fsp3) is 1.00. The summed E-state index contributed by atoms with van der Waals surface area (Å²) in [6.07, 6.45) is 2.68. The largest absolute Gasteiger partial charge is 0.380 e. The fourth-order valence-electron chi connectivity index (χ4n) is 2.34. The van der Waals surface area contributed by atoms with Crippen LogP contribution in [0.4, 0.5) is 0 Å². The van der Waals surface area contributed by atoms with Gasteiger partial charge in [0.15, 0.2) is 0 Å². The van der Waals surface area contributed by atoms with Gasteiger partial charge in [-0.2, -0.15) is 0 Å². The SMILES string of the molecule is CCOCCN(CC(C)C)CC1CCCN1. The summed E-state index contributed by atoms with van der Waals surface area (Å²) in [6, 6.07) is 0.709. The fourth-order valence-corrected chi connectivity index (χ4v) is 2.34. The smallest absolute Gasteiger partial charge is 0.0593 e. The Balaban J connectivity index is 2.24. The molecule has 0 aliphatic carbocycles. The molecule has 0 aromatic carbocycles. The number of nitrogens with zero attached hydrogens (tertiary/aromatic N) is 1. The van der Waals surface area contributed by atoms with E-state index >= 15 is 0 Å². The molecule has 96 valence electrons. The maximum atomic E-state index is 5.45. The van der Waals surface area contributed by atoms with E-state index in [4.69, 9.17) is 4.74 Å². The molecule has 1 saturated heterocycles. The molecule has 0 aromatic heterocycles. The van der Waals surface area contributed by atoms with Gasteiger partial charge in [-0.1, -0.05) is 13.8 Å². The molecule has 1 heterocycles. The highest BCUT2D eigenvalue weighted by molar-refractivity contribution is 4.78. The van der Waals surface area contributed by atoms with Crippen molar-refractivity contribution in [2.45, 2.75) is 39.7 Å². The number of rotatable bonds is 8.